The molecule has 0 saturated carbocycles. The van der Waals surface area contributed by atoms with E-state index in [1.54, 1.807) is 12.3 Å². The minimum absolute atomic E-state index is 0.168. The molecule has 3 aromatic rings. The van der Waals surface area contributed by atoms with Crippen molar-refractivity contribution in [1.29, 1.82) is 0 Å². The van der Waals surface area contributed by atoms with Gasteiger partial charge in [0.1, 0.15) is 11.6 Å². The first kappa shape index (κ1) is 21.4. The normalized spacial score (nSPS) is 15.9. The largest absolute Gasteiger partial charge is 0.573 e. The van der Waals surface area contributed by atoms with Gasteiger partial charge in [0.2, 0.25) is 0 Å². The number of aryl methyl sites for hydroxylation is 1. The molecule has 164 valence electrons. The van der Waals surface area contributed by atoms with Crippen LogP contribution in [0.15, 0.2) is 55.0 Å². The molecule has 1 aromatic carbocycles. The molecule has 2 aromatic heterocycles. The van der Waals surface area contributed by atoms with E-state index in [0.29, 0.717) is 12.5 Å². The van der Waals surface area contributed by atoms with Crippen molar-refractivity contribution in [2.75, 3.05) is 13.1 Å². The van der Waals surface area contributed by atoms with E-state index in [-0.39, 0.29) is 5.75 Å². The highest BCUT2D eigenvalue weighted by Gasteiger charge is 2.31. The van der Waals surface area contributed by atoms with Crippen LogP contribution in [-0.2, 0) is 13.1 Å². The second-order valence-corrected chi connectivity index (χ2v) is 7.99. The third kappa shape index (κ3) is 5.64. The van der Waals surface area contributed by atoms with Gasteiger partial charge < -0.3 is 9.30 Å². The zero-order chi connectivity index (χ0) is 21.8. The molecule has 1 saturated heterocycles. The first-order valence-corrected chi connectivity index (χ1v) is 10.4. The van der Waals surface area contributed by atoms with Gasteiger partial charge in [0, 0.05) is 42.9 Å². The van der Waals surface area contributed by atoms with E-state index >= 15 is 0 Å². The Morgan fingerprint density at radius 2 is 1.90 bits per heavy atom. The van der Waals surface area contributed by atoms with Crippen molar-refractivity contribution < 1.29 is 17.9 Å². The summed E-state index contributed by atoms with van der Waals surface area (Å²) in [7, 11) is 0. The summed E-state index contributed by atoms with van der Waals surface area (Å²) in [6, 6.07) is 10.2. The number of pyridine rings is 1. The lowest BCUT2D eigenvalue weighted by Gasteiger charge is -2.32. The van der Waals surface area contributed by atoms with Crippen LogP contribution < -0.4 is 4.74 Å². The Balaban J connectivity index is 1.34. The van der Waals surface area contributed by atoms with Gasteiger partial charge in [-0.25, -0.2) is 4.98 Å². The molecule has 5 nitrogen and oxygen atoms in total. The third-order valence-electron chi connectivity index (χ3n) is 5.66. The summed E-state index contributed by atoms with van der Waals surface area (Å²) in [6.07, 6.45) is 2.87. The Kier molecular flexibility index (Phi) is 6.27. The van der Waals surface area contributed by atoms with Crippen LogP contribution in [0.1, 0.15) is 24.1 Å². The zero-order valence-corrected chi connectivity index (χ0v) is 17.3. The molecular formula is C23H25F3N4O. The fraction of sp³-hybridized carbons (Fsp3) is 0.391. The molecule has 0 bridgehead atoms. The van der Waals surface area contributed by atoms with E-state index in [0.717, 1.165) is 55.1 Å². The average molecular weight is 430 g/mol. The Morgan fingerprint density at radius 1 is 1.10 bits per heavy atom. The fourth-order valence-corrected chi connectivity index (χ4v) is 4.10. The predicted molar refractivity (Wildman–Crippen MR) is 111 cm³/mol. The maximum Gasteiger partial charge on any atom is 0.573 e. The molecule has 1 aliphatic heterocycles. The van der Waals surface area contributed by atoms with E-state index in [1.165, 1.54) is 12.1 Å². The maximum atomic E-state index is 12.5. The van der Waals surface area contributed by atoms with Crippen LogP contribution >= 0.6 is 0 Å². The minimum atomic E-state index is -4.67. The number of nitrogens with zero attached hydrogens (tertiary/aromatic N) is 4. The van der Waals surface area contributed by atoms with Crippen LogP contribution in [0, 0.1) is 12.8 Å². The highest BCUT2D eigenvalue weighted by atomic mass is 19.4. The van der Waals surface area contributed by atoms with E-state index < -0.39 is 6.36 Å². The molecule has 1 aliphatic rings. The highest BCUT2D eigenvalue weighted by Crippen LogP contribution is 2.27. The number of ether oxygens (including phenoxy) is 1. The van der Waals surface area contributed by atoms with E-state index in [1.807, 2.05) is 30.6 Å². The number of alkyl halides is 3. The van der Waals surface area contributed by atoms with Crippen LogP contribution in [0.5, 0.6) is 5.75 Å². The summed E-state index contributed by atoms with van der Waals surface area (Å²) >= 11 is 0. The fourth-order valence-electron chi connectivity index (χ4n) is 4.10. The summed E-state index contributed by atoms with van der Waals surface area (Å²) in [4.78, 5) is 11.1. The molecular weight excluding hydrogens is 405 g/mol. The molecule has 0 unspecified atom stereocenters. The molecule has 1 fully saturated rings. The molecule has 0 N–H and O–H groups in total. The minimum Gasteiger partial charge on any atom is -0.406 e. The van der Waals surface area contributed by atoms with Crippen molar-refractivity contribution in [3.05, 3.63) is 66.2 Å². The van der Waals surface area contributed by atoms with E-state index in [4.69, 9.17) is 0 Å². The van der Waals surface area contributed by atoms with E-state index in [2.05, 4.69) is 31.1 Å². The first-order valence-electron chi connectivity index (χ1n) is 10.4. The number of halogens is 3. The number of imidazole rings is 1. The van der Waals surface area contributed by atoms with Gasteiger partial charge in [-0.2, -0.15) is 0 Å². The number of hydrogen-bond donors (Lipinski definition) is 0. The molecule has 0 radical (unpaired) electrons. The summed E-state index contributed by atoms with van der Waals surface area (Å²) in [5, 5.41) is 0. The van der Waals surface area contributed by atoms with Crippen LogP contribution in [0.25, 0.3) is 11.4 Å². The molecule has 4 rings (SSSR count). The van der Waals surface area contributed by atoms with E-state index in [9.17, 15) is 13.2 Å². The molecule has 0 atom stereocenters. The molecule has 0 spiro atoms. The highest BCUT2D eigenvalue weighted by molar-refractivity contribution is 5.54. The number of piperidine rings is 1. The lowest BCUT2D eigenvalue weighted by molar-refractivity contribution is -0.274. The number of benzene rings is 1. The van der Waals surface area contributed by atoms with Crippen molar-refractivity contribution in [2.24, 2.45) is 5.92 Å². The SMILES string of the molecule is Cc1cnc(-c2cccnc2)n1CC1CCN(Cc2cccc(OC(F)(F)F)c2)CC1. The summed E-state index contributed by atoms with van der Waals surface area (Å²) in [5.74, 6) is 1.30. The monoisotopic (exact) mass is 430 g/mol. The Bertz CT molecular complexity index is 996. The lowest BCUT2D eigenvalue weighted by Crippen LogP contribution is -2.34. The number of hydrogen-bond acceptors (Lipinski definition) is 4. The average Bonchev–Trinajstić information content (AvgIpc) is 3.09. The number of aromatic nitrogens is 3. The van der Waals surface area contributed by atoms with Crippen molar-refractivity contribution in [2.45, 2.75) is 39.2 Å². The lowest BCUT2D eigenvalue weighted by atomic mass is 9.96. The van der Waals surface area contributed by atoms with Crippen molar-refractivity contribution in [3.63, 3.8) is 0 Å². The second-order valence-electron chi connectivity index (χ2n) is 7.99. The van der Waals surface area contributed by atoms with Crippen molar-refractivity contribution in [1.82, 2.24) is 19.4 Å². The molecule has 3 heterocycles. The third-order valence-corrected chi connectivity index (χ3v) is 5.66. The Hall–Kier alpha value is -2.87. The topological polar surface area (TPSA) is 43.2 Å². The summed E-state index contributed by atoms with van der Waals surface area (Å²) < 4.78 is 43.7. The Morgan fingerprint density at radius 3 is 2.61 bits per heavy atom. The molecule has 0 aliphatic carbocycles. The van der Waals surface area contributed by atoms with Gasteiger partial charge in [0.15, 0.2) is 0 Å². The quantitative estimate of drug-likeness (QED) is 0.548. The van der Waals surface area contributed by atoms with Gasteiger partial charge in [-0.15, -0.1) is 13.2 Å². The van der Waals surface area contributed by atoms with Gasteiger partial charge in [-0.05, 0) is 68.6 Å². The predicted octanol–water partition coefficient (Wildman–Crippen LogP) is 5.06. The molecule has 31 heavy (non-hydrogen) atoms. The summed E-state index contributed by atoms with van der Waals surface area (Å²) in [5.41, 5.74) is 2.96. The van der Waals surface area contributed by atoms with Gasteiger partial charge >= 0.3 is 6.36 Å². The van der Waals surface area contributed by atoms with Crippen LogP contribution in [0.4, 0.5) is 13.2 Å². The first-order chi connectivity index (χ1) is 14.9. The second kappa shape index (κ2) is 9.09. The van der Waals surface area contributed by atoms with Crippen molar-refractivity contribution >= 4 is 0 Å². The number of rotatable bonds is 6. The number of likely N-dealkylation sites (tertiary alicyclic amines) is 1. The van der Waals surface area contributed by atoms with Gasteiger partial charge in [0.25, 0.3) is 0 Å². The van der Waals surface area contributed by atoms with Crippen LogP contribution in [0.2, 0.25) is 0 Å². The van der Waals surface area contributed by atoms with Gasteiger partial charge in [-0.3, -0.25) is 9.88 Å². The summed E-state index contributed by atoms with van der Waals surface area (Å²) in [6.45, 7) is 5.40. The van der Waals surface area contributed by atoms with Gasteiger partial charge in [0.05, 0.1) is 0 Å². The smallest absolute Gasteiger partial charge is 0.406 e. The van der Waals surface area contributed by atoms with Gasteiger partial charge in [-0.1, -0.05) is 12.1 Å². The van der Waals surface area contributed by atoms with Crippen LogP contribution in [-0.4, -0.2) is 38.9 Å². The maximum absolute atomic E-state index is 12.5. The Labute approximate surface area is 179 Å². The van der Waals surface area contributed by atoms with Crippen LogP contribution in [0.3, 0.4) is 0 Å². The molecule has 8 heteroatoms. The molecule has 0 amide bonds. The zero-order valence-electron chi connectivity index (χ0n) is 17.3. The standard InChI is InChI=1S/C23H25F3N4O/c1-17-13-28-22(20-5-3-9-27-14-20)30(17)16-18-7-10-29(11-8-18)15-19-4-2-6-21(12-19)31-23(24,25)26/h2-6,9,12-14,18H,7-8,10-11,15-16H2,1H3. The van der Waals surface area contributed by atoms with Crippen molar-refractivity contribution in [3.8, 4) is 17.1 Å².